The molecule has 1 saturated heterocycles. The van der Waals surface area contributed by atoms with E-state index < -0.39 is 6.04 Å². The first kappa shape index (κ1) is 24.0. The Morgan fingerprint density at radius 3 is 2.66 bits per heavy atom. The molecule has 1 aliphatic heterocycles. The molecule has 1 unspecified atom stereocenters. The number of carbonyl (C=O) groups excluding carboxylic acids is 2. The Morgan fingerprint density at radius 2 is 1.94 bits per heavy atom. The molecule has 2 heterocycles. The van der Waals surface area contributed by atoms with Gasteiger partial charge in [-0.05, 0) is 50.3 Å². The van der Waals surface area contributed by atoms with E-state index >= 15 is 0 Å². The Morgan fingerprint density at radius 1 is 1.16 bits per heavy atom. The number of likely N-dealkylation sites (tertiary alicyclic amines) is 1. The molecule has 0 saturated carbocycles. The number of ether oxygens (including phenoxy) is 3. The summed E-state index contributed by atoms with van der Waals surface area (Å²) in [4.78, 5) is 33.1. The Bertz CT molecular complexity index is 942. The standard InChI is InChI=1S/C24H32N2O5S/c1-5-8-18-22(32-16(2)25-18)23(27)26-13-7-6-9-19(26)24(28)31-14-12-17-10-11-20(29-3)21(15-17)30-4/h10-11,15,19H,5-9,12-14H2,1-4H3. The van der Waals surface area contributed by atoms with Crippen LogP contribution >= 0.6 is 11.3 Å². The molecule has 1 aromatic carbocycles. The predicted molar refractivity (Wildman–Crippen MR) is 124 cm³/mol. The predicted octanol–water partition coefficient (Wildman–Crippen LogP) is 4.20. The third kappa shape index (κ3) is 5.59. The minimum absolute atomic E-state index is 0.0967. The van der Waals surface area contributed by atoms with Gasteiger partial charge in [-0.3, -0.25) is 4.79 Å². The van der Waals surface area contributed by atoms with E-state index in [2.05, 4.69) is 11.9 Å². The molecule has 2 aromatic rings. The molecule has 3 rings (SSSR count). The van der Waals surface area contributed by atoms with Gasteiger partial charge in [-0.15, -0.1) is 11.3 Å². The average Bonchev–Trinajstić information content (AvgIpc) is 3.18. The van der Waals surface area contributed by atoms with Crippen LogP contribution in [-0.4, -0.2) is 55.2 Å². The number of benzene rings is 1. The molecule has 7 nitrogen and oxygen atoms in total. The van der Waals surface area contributed by atoms with E-state index in [0.717, 1.165) is 41.9 Å². The lowest BCUT2D eigenvalue weighted by Gasteiger charge is -2.34. The third-order valence-corrected chi connectivity index (χ3v) is 6.61. The van der Waals surface area contributed by atoms with Crippen LogP contribution in [0.1, 0.15) is 58.5 Å². The number of aryl methyl sites for hydroxylation is 2. The molecule has 1 fully saturated rings. The maximum absolute atomic E-state index is 13.3. The molecule has 1 aliphatic rings. The van der Waals surface area contributed by atoms with Crippen LogP contribution in [0.4, 0.5) is 0 Å². The summed E-state index contributed by atoms with van der Waals surface area (Å²) in [7, 11) is 3.18. The van der Waals surface area contributed by atoms with Gasteiger partial charge in [0, 0.05) is 13.0 Å². The minimum Gasteiger partial charge on any atom is -0.493 e. The van der Waals surface area contributed by atoms with Crippen molar-refractivity contribution in [1.29, 1.82) is 0 Å². The van der Waals surface area contributed by atoms with E-state index in [4.69, 9.17) is 14.2 Å². The van der Waals surface area contributed by atoms with Crippen LogP contribution in [0, 0.1) is 6.92 Å². The molecular weight excluding hydrogens is 428 g/mol. The molecule has 0 spiro atoms. The van der Waals surface area contributed by atoms with Gasteiger partial charge in [0.2, 0.25) is 0 Å². The molecule has 174 valence electrons. The fourth-order valence-electron chi connectivity index (χ4n) is 4.00. The van der Waals surface area contributed by atoms with E-state index in [-0.39, 0.29) is 18.5 Å². The molecule has 32 heavy (non-hydrogen) atoms. The molecule has 0 N–H and O–H groups in total. The molecule has 0 radical (unpaired) electrons. The molecule has 8 heteroatoms. The second-order valence-electron chi connectivity index (χ2n) is 7.88. The Kier molecular flexibility index (Phi) is 8.50. The normalized spacial score (nSPS) is 16.0. The van der Waals surface area contributed by atoms with Crippen molar-refractivity contribution in [3.63, 3.8) is 0 Å². The van der Waals surface area contributed by atoms with Crippen LogP contribution in [0.15, 0.2) is 18.2 Å². The number of rotatable bonds is 9. The average molecular weight is 461 g/mol. The van der Waals surface area contributed by atoms with Crippen molar-refractivity contribution in [2.45, 2.75) is 58.4 Å². The van der Waals surface area contributed by atoms with Crippen molar-refractivity contribution in [3.8, 4) is 11.5 Å². The zero-order chi connectivity index (χ0) is 23.1. The number of amides is 1. The highest BCUT2D eigenvalue weighted by molar-refractivity contribution is 7.13. The maximum atomic E-state index is 13.3. The second-order valence-corrected chi connectivity index (χ2v) is 9.08. The highest BCUT2D eigenvalue weighted by Crippen LogP contribution is 2.28. The highest BCUT2D eigenvalue weighted by atomic mass is 32.1. The SMILES string of the molecule is CCCc1nc(C)sc1C(=O)N1CCCCC1C(=O)OCCc1ccc(OC)c(OC)c1. The summed E-state index contributed by atoms with van der Waals surface area (Å²) < 4.78 is 16.2. The molecule has 0 aliphatic carbocycles. The van der Waals surface area contributed by atoms with Gasteiger partial charge in [-0.2, -0.15) is 0 Å². The van der Waals surface area contributed by atoms with Crippen LogP contribution in [-0.2, 0) is 22.4 Å². The first-order chi connectivity index (χ1) is 15.5. The molecule has 1 atom stereocenters. The van der Waals surface area contributed by atoms with E-state index in [9.17, 15) is 9.59 Å². The van der Waals surface area contributed by atoms with Gasteiger partial charge in [0.25, 0.3) is 5.91 Å². The largest absolute Gasteiger partial charge is 0.493 e. The van der Waals surface area contributed by atoms with E-state index in [0.29, 0.717) is 35.8 Å². The van der Waals surface area contributed by atoms with Gasteiger partial charge >= 0.3 is 5.97 Å². The summed E-state index contributed by atoms with van der Waals surface area (Å²) in [5, 5.41) is 0.878. The summed E-state index contributed by atoms with van der Waals surface area (Å²) >= 11 is 1.41. The number of thiazole rings is 1. The quantitative estimate of drug-likeness (QED) is 0.522. The van der Waals surface area contributed by atoms with Crippen molar-refractivity contribution in [1.82, 2.24) is 9.88 Å². The van der Waals surface area contributed by atoms with Gasteiger partial charge in [-0.25, -0.2) is 9.78 Å². The van der Waals surface area contributed by atoms with Crippen molar-refractivity contribution >= 4 is 23.2 Å². The second kappa shape index (κ2) is 11.3. The topological polar surface area (TPSA) is 78.0 Å². The molecule has 0 bridgehead atoms. The first-order valence-corrected chi connectivity index (χ1v) is 11.9. The zero-order valence-electron chi connectivity index (χ0n) is 19.3. The Hall–Kier alpha value is -2.61. The number of piperidine rings is 1. The summed E-state index contributed by atoms with van der Waals surface area (Å²) in [6.07, 6.45) is 4.67. The van der Waals surface area contributed by atoms with Crippen molar-refractivity contribution in [2.75, 3.05) is 27.4 Å². The Labute approximate surface area is 193 Å². The van der Waals surface area contributed by atoms with Crippen molar-refractivity contribution < 1.29 is 23.8 Å². The number of methoxy groups -OCH3 is 2. The smallest absolute Gasteiger partial charge is 0.328 e. The number of hydrogen-bond acceptors (Lipinski definition) is 7. The summed E-state index contributed by atoms with van der Waals surface area (Å²) in [6.45, 7) is 4.80. The first-order valence-electron chi connectivity index (χ1n) is 11.1. The molecule has 1 aromatic heterocycles. The number of carbonyl (C=O) groups is 2. The van der Waals surface area contributed by atoms with Gasteiger partial charge in [-0.1, -0.05) is 19.4 Å². The Balaban J connectivity index is 1.64. The van der Waals surface area contributed by atoms with E-state index in [1.54, 1.807) is 19.1 Å². The number of nitrogens with zero attached hydrogens (tertiary/aromatic N) is 2. The van der Waals surface area contributed by atoms with Gasteiger partial charge in [0.15, 0.2) is 11.5 Å². The maximum Gasteiger partial charge on any atom is 0.328 e. The fourth-order valence-corrected chi connectivity index (χ4v) is 4.92. The number of esters is 1. The van der Waals surface area contributed by atoms with Crippen LogP contribution < -0.4 is 9.47 Å². The van der Waals surface area contributed by atoms with E-state index in [1.165, 1.54) is 11.3 Å². The van der Waals surface area contributed by atoms with Crippen LogP contribution in [0.3, 0.4) is 0 Å². The van der Waals surface area contributed by atoms with Crippen molar-refractivity contribution in [2.24, 2.45) is 0 Å². The van der Waals surface area contributed by atoms with Gasteiger partial charge in [0.05, 0.1) is 31.5 Å². The summed E-state index contributed by atoms with van der Waals surface area (Å²) in [5.74, 6) is 0.867. The summed E-state index contributed by atoms with van der Waals surface area (Å²) in [6, 6.07) is 5.10. The third-order valence-electron chi connectivity index (χ3n) is 5.60. The van der Waals surface area contributed by atoms with Crippen LogP contribution in [0.25, 0.3) is 0 Å². The highest BCUT2D eigenvalue weighted by Gasteiger charge is 2.35. The lowest BCUT2D eigenvalue weighted by Crippen LogP contribution is -2.48. The molecular formula is C24H32N2O5S. The lowest BCUT2D eigenvalue weighted by atomic mass is 10.0. The van der Waals surface area contributed by atoms with Gasteiger partial charge < -0.3 is 19.1 Å². The van der Waals surface area contributed by atoms with Crippen molar-refractivity contribution in [3.05, 3.63) is 39.3 Å². The lowest BCUT2D eigenvalue weighted by molar-refractivity contribution is -0.150. The fraction of sp³-hybridized carbons (Fsp3) is 0.542. The van der Waals surface area contributed by atoms with Crippen LogP contribution in [0.5, 0.6) is 11.5 Å². The van der Waals surface area contributed by atoms with Gasteiger partial charge in [0.1, 0.15) is 10.9 Å². The van der Waals surface area contributed by atoms with E-state index in [1.807, 2.05) is 25.1 Å². The zero-order valence-corrected chi connectivity index (χ0v) is 20.1. The number of aromatic nitrogens is 1. The summed E-state index contributed by atoms with van der Waals surface area (Å²) in [5.41, 5.74) is 1.82. The number of hydrogen-bond donors (Lipinski definition) is 0. The molecule has 1 amide bonds. The minimum atomic E-state index is -0.543. The monoisotopic (exact) mass is 460 g/mol. The van der Waals surface area contributed by atoms with Crippen LogP contribution in [0.2, 0.25) is 0 Å².